The predicted octanol–water partition coefficient (Wildman–Crippen LogP) is 1.47. The van der Waals surface area contributed by atoms with Crippen LogP contribution in [0.5, 0.6) is 5.75 Å². The Morgan fingerprint density at radius 2 is 1.79 bits per heavy atom. The van der Waals surface area contributed by atoms with E-state index in [-0.39, 0.29) is 20.9 Å². The minimum atomic E-state index is -0.0593. The number of nitrogens with zero attached hydrogens (tertiary/aromatic N) is 1. The summed E-state index contributed by atoms with van der Waals surface area (Å²) < 4.78 is 8.81. The quantitative estimate of drug-likeness (QED) is 0.468. The normalized spacial score (nSPS) is 9.71. The number of methoxy groups -OCH3 is 1. The van der Waals surface area contributed by atoms with Gasteiger partial charge in [-0.15, -0.1) is 0 Å². The second-order valence-corrected chi connectivity index (χ2v) is 5.40. The number of hydrogen-bond acceptors (Lipinski definition) is 1. The van der Waals surface area contributed by atoms with Gasteiger partial charge < -0.3 is 0 Å². The van der Waals surface area contributed by atoms with E-state index in [0.717, 1.165) is 5.75 Å². The Balaban J connectivity index is 3.02. The van der Waals surface area contributed by atoms with Crippen LogP contribution in [0.15, 0.2) is 24.3 Å². The molecule has 2 nitrogen and oxygen atoms in total. The molecule has 0 aliphatic rings. The molecule has 0 bridgehead atoms. The van der Waals surface area contributed by atoms with Gasteiger partial charge in [-0.2, -0.15) is 0 Å². The third-order valence-corrected chi connectivity index (χ3v) is 4.76. The Bertz CT molecular complexity index is 326. The molecule has 76 valence electrons. The van der Waals surface area contributed by atoms with Crippen molar-refractivity contribution in [3.63, 3.8) is 0 Å². The van der Waals surface area contributed by atoms with Crippen LogP contribution < -0.4 is 4.74 Å². The van der Waals surface area contributed by atoms with E-state index in [0.29, 0.717) is 0 Å². The van der Waals surface area contributed by atoms with Crippen molar-refractivity contribution in [3.8, 4) is 5.75 Å². The van der Waals surface area contributed by atoms with Crippen LogP contribution in [-0.4, -0.2) is 50.5 Å². The van der Waals surface area contributed by atoms with Crippen LogP contribution in [0.3, 0.4) is 0 Å². The molecule has 0 aliphatic carbocycles. The van der Waals surface area contributed by atoms with Crippen LogP contribution in [0.25, 0.3) is 0 Å². The van der Waals surface area contributed by atoms with Gasteiger partial charge in [-0.1, -0.05) is 0 Å². The number of rotatable bonds is 3. The Morgan fingerprint density at radius 3 is 2.14 bits per heavy atom. The van der Waals surface area contributed by atoms with Crippen LogP contribution in [0, 0.1) is 0 Å². The first kappa shape index (κ1) is 11.6. The molecule has 1 rings (SSSR count). The summed E-state index contributed by atoms with van der Waals surface area (Å²) in [6, 6.07) is 8.29. The number of hydrogen-bond donors (Lipinski definition) is 0. The molecule has 0 aromatic heterocycles. The minimum absolute atomic E-state index is 0.0593. The SMILES string of the molecule is COc1ccc(C([Te]C)=[N+](C)C)cc1. The molecular weight excluding hydrogens is 290 g/mol. The number of ether oxygens (including phenoxy) is 1. The van der Waals surface area contributed by atoms with E-state index < -0.39 is 0 Å². The monoisotopic (exact) mass is 308 g/mol. The van der Waals surface area contributed by atoms with Gasteiger partial charge in [0.05, 0.1) is 0 Å². The van der Waals surface area contributed by atoms with Gasteiger partial charge in [0.15, 0.2) is 0 Å². The summed E-state index contributed by atoms with van der Waals surface area (Å²) in [4.78, 5) is 2.30. The van der Waals surface area contributed by atoms with Crippen LogP contribution in [0.4, 0.5) is 0 Å². The summed E-state index contributed by atoms with van der Waals surface area (Å²) in [6.07, 6.45) is 0. The summed E-state index contributed by atoms with van der Waals surface area (Å²) in [6.45, 7) is 0. The number of benzene rings is 1. The maximum absolute atomic E-state index is 5.13. The van der Waals surface area contributed by atoms with Gasteiger partial charge in [-0.25, -0.2) is 0 Å². The molecule has 0 spiro atoms. The zero-order chi connectivity index (χ0) is 10.6. The van der Waals surface area contributed by atoms with Crippen molar-refractivity contribution >= 4 is 24.7 Å². The first-order valence-corrected chi connectivity index (χ1v) is 7.91. The molecule has 3 heteroatoms. The summed E-state index contributed by atoms with van der Waals surface area (Å²) in [5, 5.41) is 0. The Hall–Kier alpha value is -0.520. The third-order valence-electron chi connectivity index (χ3n) is 1.94. The summed E-state index contributed by atoms with van der Waals surface area (Å²) in [5.74, 6) is 0.920. The zero-order valence-electron chi connectivity index (χ0n) is 9.07. The molecule has 0 aliphatic heterocycles. The molecule has 0 atom stereocenters. The molecule has 0 unspecified atom stereocenters. The summed E-state index contributed by atoms with van der Waals surface area (Å²) >= 11 is -0.0593. The fraction of sp³-hybridized carbons (Fsp3) is 0.364. The van der Waals surface area contributed by atoms with Gasteiger partial charge in [-0.3, -0.25) is 0 Å². The van der Waals surface area contributed by atoms with Gasteiger partial charge >= 0.3 is 95.8 Å². The predicted molar refractivity (Wildman–Crippen MR) is 60.8 cm³/mol. The van der Waals surface area contributed by atoms with Crippen molar-refractivity contribution in [3.05, 3.63) is 29.8 Å². The second kappa shape index (κ2) is 5.38. The molecule has 0 fully saturated rings. The Labute approximate surface area is 95.7 Å². The van der Waals surface area contributed by atoms with E-state index >= 15 is 0 Å². The first-order chi connectivity index (χ1) is 6.69. The molecule has 14 heavy (non-hydrogen) atoms. The fourth-order valence-electron chi connectivity index (χ4n) is 1.29. The van der Waals surface area contributed by atoms with Crippen molar-refractivity contribution < 1.29 is 9.31 Å². The summed E-state index contributed by atoms with van der Waals surface area (Å²) in [5.41, 5.74) is 1.32. The molecule has 0 N–H and O–H groups in total. The van der Waals surface area contributed by atoms with Crippen LogP contribution in [0.1, 0.15) is 5.56 Å². The van der Waals surface area contributed by atoms with Gasteiger partial charge in [-0.05, 0) is 0 Å². The van der Waals surface area contributed by atoms with E-state index in [2.05, 4.69) is 35.8 Å². The molecule has 1 aromatic rings. The maximum atomic E-state index is 5.13. The van der Waals surface area contributed by atoms with E-state index in [1.807, 2.05) is 12.1 Å². The molecule has 0 saturated carbocycles. The van der Waals surface area contributed by atoms with Gasteiger partial charge in [0.1, 0.15) is 0 Å². The standard InChI is InChI=1S/C11H16NOTe/c1-12(2)11(14-4)9-5-7-10(13-3)8-6-9/h5-8H,1-4H3/q+1. The van der Waals surface area contributed by atoms with Gasteiger partial charge in [0, 0.05) is 0 Å². The van der Waals surface area contributed by atoms with E-state index in [4.69, 9.17) is 4.74 Å². The van der Waals surface area contributed by atoms with Gasteiger partial charge in [0.25, 0.3) is 0 Å². The molecular formula is C11H16NOTe+. The average Bonchev–Trinajstić information content (AvgIpc) is 2.19. The van der Waals surface area contributed by atoms with Crippen molar-refractivity contribution in [2.75, 3.05) is 21.2 Å². The molecule has 0 amide bonds. The average molecular weight is 306 g/mol. The van der Waals surface area contributed by atoms with Crippen molar-refractivity contribution in [1.82, 2.24) is 0 Å². The molecule has 0 radical (unpaired) electrons. The first-order valence-electron chi connectivity index (χ1n) is 4.41. The Morgan fingerprint density at radius 1 is 1.21 bits per heavy atom. The van der Waals surface area contributed by atoms with Crippen molar-refractivity contribution in [1.29, 1.82) is 0 Å². The molecule has 0 saturated heterocycles. The van der Waals surface area contributed by atoms with E-state index in [1.165, 1.54) is 9.32 Å². The van der Waals surface area contributed by atoms with Crippen molar-refractivity contribution in [2.45, 2.75) is 4.97 Å². The van der Waals surface area contributed by atoms with Crippen LogP contribution in [0.2, 0.25) is 4.97 Å². The van der Waals surface area contributed by atoms with Gasteiger partial charge in [0.2, 0.25) is 0 Å². The molecule has 0 heterocycles. The van der Waals surface area contributed by atoms with Crippen LogP contribution in [-0.2, 0) is 0 Å². The topological polar surface area (TPSA) is 12.2 Å². The van der Waals surface area contributed by atoms with Crippen molar-refractivity contribution in [2.24, 2.45) is 0 Å². The molecule has 1 aromatic carbocycles. The van der Waals surface area contributed by atoms with Crippen LogP contribution >= 0.6 is 0 Å². The van der Waals surface area contributed by atoms with E-state index in [9.17, 15) is 0 Å². The second-order valence-electron chi connectivity index (χ2n) is 3.13. The Kier molecular flexibility index (Phi) is 4.44. The summed E-state index contributed by atoms with van der Waals surface area (Å²) in [7, 11) is 5.90. The zero-order valence-corrected chi connectivity index (χ0v) is 11.4. The fourth-order valence-corrected chi connectivity index (χ4v) is 3.40. The van der Waals surface area contributed by atoms with E-state index in [1.54, 1.807) is 7.11 Å². The third kappa shape index (κ3) is 2.73.